The van der Waals surface area contributed by atoms with Gasteiger partial charge in [-0.15, -0.1) is 12.4 Å². The molecule has 2 aromatic carbocycles. The first-order valence-corrected chi connectivity index (χ1v) is 5.90. The summed E-state index contributed by atoms with van der Waals surface area (Å²) in [6, 6.07) is 7.61. The highest BCUT2D eigenvalue weighted by molar-refractivity contribution is 5.85. The van der Waals surface area contributed by atoms with Crippen molar-refractivity contribution in [1.29, 1.82) is 0 Å². The van der Waals surface area contributed by atoms with Gasteiger partial charge in [-0.25, -0.2) is 8.78 Å². The monoisotopic (exact) mass is 299 g/mol. The Labute approximate surface area is 123 Å². The molecule has 2 N–H and O–H groups in total. The summed E-state index contributed by atoms with van der Waals surface area (Å²) >= 11 is 0. The Morgan fingerprint density at radius 3 is 2.50 bits per heavy atom. The Balaban J connectivity index is 0.00000200. The van der Waals surface area contributed by atoms with Gasteiger partial charge < -0.3 is 10.5 Å². The SMILES string of the molecule is COc1c(C)cc(-c2cccc(F)c2F)cc1CN.Cl. The van der Waals surface area contributed by atoms with Crippen LogP contribution < -0.4 is 10.5 Å². The van der Waals surface area contributed by atoms with Crippen LogP contribution in [0.3, 0.4) is 0 Å². The van der Waals surface area contributed by atoms with Crippen LogP contribution in [0.5, 0.6) is 5.75 Å². The van der Waals surface area contributed by atoms with E-state index in [9.17, 15) is 8.78 Å². The van der Waals surface area contributed by atoms with Crippen molar-refractivity contribution in [2.45, 2.75) is 13.5 Å². The molecule has 0 saturated carbocycles. The first-order valence-electron chi connectivity index (χ1n) is 5.90. The lowest BCUT2D eigenvalue weighted by atomic mass is 9.98. The molecule has 0 heterocycles. The molecule has 0 atom stereocenters. The van der Waals surface area contributed by atoms with E-state index in [4.69, 9.17) is 10.5 Å². The van der Waals surface area contributed by atoms with Crippen LogP contribution in [-0.2, 0) is 6.54 Å². The molecule has 0 spiro atoms. The van der Waals surface area contributed by atoms with Crippen molar-refractivity contribution >= 4 is 12.4 Å². The maximum atomic E-state index is 13.8. The molecule has 5 heteroatoms. The summed E-state index contributed by atoms with van der Waals surface area (Å²) in [5.74, 6) is -1.03. The number of methoxy groups -OCH3 is 1. The fourth-order valence-electron chi connectivity index (χ4n) is 2.17. The Kier molecular flexibility index (Phi) is 5.48. The summed E-state index contributed by atoms with van der Waals surface area (Å²) in [5, 5.41) is 0. The van der Waals surface area contributed by atoms with Crippen LogP contribution in [0.1, 0.15) is 11.1 Å². The Morgan fingerprint density at radius 1 is 1.20 bits per heavy atom. The summed E-state index contributed by atoms with van der Waals surface area (Å²) in [5.41, 5.74) is 8.08. The number of hydrogen-bond acceptors (Lipinski definition) is 2. The fourth-order valence-corrected chi connectivity index (χ4v) is 2.17. The van der Waals surface area contributed by atoms with Crippen molar-refractivity contribution in [3.8, 4) is 16.9 Å². The van der Waals surface area contributed by atoms with E-state index in [1.807, 2.05) is 6.92 Å². The van der Waals surface area contributed by atoms with Crippen molar-refractivity contribution in [3.63, 3.8) is 0 Å². The highest BCUT2D eigenvalue weighted by Gasteiger charge is 2.13. The van der Waals surface area contributed by atoms with Crippen molar-refractivity contribution in [3.05, 3.63) is 53.1 Å². The van der Waals surface area contributed by atoms with Crippen LogP contribution in [-0.4, -0.2) is 7.11 Å². The number of benzene rings is 2. The number of hydrogen-bond donors (Lipinski definition) is 1. The van der Waals surface area contributed by atoms with E-state index in [1.54, 1.807) is 25.3 Å². The quantitative estimate of drug-likeness (QED) is 0.935. The van der Waals surface area contributed by atoms with Gasteiger partial charge in [0.15, 0.2) is 11.6 Å². The highest BCUT2D eigenvalue weighted by Crippen LogP contribution is 2.32. The predicted octanol–water partition coefficient (Wildman–Crippen LogP) is 3.83. The molecule has 0 unspecified atom stereocenters. The van der Waals surface area contributed by atoms with Crippen LogP contribution in [0.2, 0.25) is 0 Å². The molecule has 0 aliphatic carbocycles. The third kappa shape index (κ3) is 2.92. The van der Waals surface area contributed by atoms with Gasteiger partial charge in [0, 0.05) is 17.7 Å². The molecule has 0 radical (unpaired) electrons. The Bertz CT molecular complexity index is 617. The first kappa shape index (κ1) is 16.4. The van der Waals surface area contributed by atoms with Crippen LogP contribution in [0.4, 0.5) is 8.78 Å². The van der Waals surface area contributed by atoms with Crippen molar-refractivity contribution in [1.82, 2.24) is 0 Å². The lowest BCUT2D eigenvalue weighted by molar-refractivity contribution is 0.407. The molecule has 0 aromatic heterocycles. The number of rotatable bonds is 3. The normalized spacial score (nSPS) is 10.1. The number of halogens is 3. The van der Waals surface area contributed by atoms with E-state index in [0.717, 1.165) is 17.2 Å². The van der Waals surface area contributed by atoms with Gasteiger partial charge in [0.2, 0.25) is 0 Å². The molecule has 0 fully saturated rings. The van der Waals surface area contributed by atoms with Gasteiger partial charge in [0.05, 0.1) is 7.11 Å². The number of nitrogens with two attached hydrogens (primary N) is 1. The van der Waals surface area contributed by atoms with Crippen LogP contribution in [0, 0.1) is 18.6 Å². The van der Waals surface area contributed by atoms with Gasteiger partial charge in [0.25, 0.3) is 0 Å². The Morgan fingerprint density at radius 2 is 1.90 bits per heavy atom. The van der Waals surface area contributed by atoms with E-state index in [2.05, 4.69) is 0 Å². The van der Waals surface area contributed by atoms with Crippen LogP contribution >= 0.6 is 12.4 Å². The zero-order valence-electron chi connectivity index (χ0n) is 11.2. The maximum Gasteiger partial charge on any atom is 0.166 e. The standard InChI is InChI=1S/C15H15F2NO.ClH/c1-9-6-10(7-11(8-18)15(9)19-2)12-4-3-5-13(16)14(12)17;/h3-7H,8,18H2,1-2H3;1H. The molecule has 0 bridgehead atoms. The van der Waals surface area contributed by atoms with Crippen LogP contribution in [0.15, 0.2) is 30.3 Å². The molecule has 20 heavy (non-hydrogen) atoms. The summed E-state index contributed by atoms with van der Waals surface area (Å²) < 4.78 is 32.3. The number of ether oxygens (including phenoxy) is 1. The fraction of sp³-hybridized carbons (Fsp3) is 0.200. The Hall–Kier alpha value is -1.65. The maximum absolute atomic E-state index is 13.8. The molecule has 0 aliphatic rings. The average Bonchev–Trinajstić information content (AvgIpc) is 2.40. The molecule has 108 valence electrons. The van der Waals surface area contributed by atoms with Gasteiger partial charge in [0.1, 0.15) is 5.75 Å². The molecule has 2 rings (SSSR count). The lowest BCUT2D eigenvalue weighted by Gasteiger charge is -2.13. The van der Waals surface area contributed by atoms with Gasteiger partial charge in [-0.1, -0.05) is 12.1 Å². The zero-order chi connectivity index (χ0) is 14.0. The second kappa shape index (κ2) is 6.68. The van der Waals surface area contributed by atoms with E-state index < -0.39 is 11.6 Å². The predicted molar refractivity (Wildman–Crippen MR) is 78.2 cm³/mol. The summed E-state index contributed by atoms with van der Waals surface area (Å²) in [7, 11) is 1.56. The summed E-state index contributed by atoms with van der Waals surface area (Å²) in [6.07, 6.45) is 0. The highest BCUT2D eigenvalue weighted by atomic mass is 35.5. The minimum absolute atomic E-state index is 0. The van der Waals surface area contributed by atoms with Crippen molar-refractivity contribution in [2.75, 3.05) is 7.11 Å². The zero-order valence-corrected chi connectivity index (χ0v) is 12.1. The van der Waals surface area contributed by atoms with E-state index >= 15 is 0 Å². The van der Waals surface area contributed by atoms with Gasteiger partial charge in [-0.05, 0) is 36.2 Å². The minimum atomic E-state index is -0.861. The van der Waals surface area contributed by atoms with Crippen molar-refractivity contribution < 1.29 is 13.5 Å². The number of aryl methyl sites for hydroxylation is 1. The smallest absolute Gasteiger partial charge is 0.166 e. The molecule has 0 amide bonds. The molecule has 0 saturated heterocycles. The van der Waals surface area contributed by atoms with Crippen LogP contribution in [0.25, 0.3) is 11.1 Å². The lowest BCUT2D eigenvalue weighted by Crippen LogP contribution is -2.02. The second-order valence-corrected chi connectivity index (χ2v) is 4.29. The van der Waals surface area contributed by atoms with Crippen molar-refractivity contribution in [2.24, 2.45) is 5.73 Å². The molecular formula is C15H16ClF2NO. The third-order valence-corrected chi connectivity index (χ3v) is 3.04. The minimum Gasteiger partial charge on any atom is -0.496 e. The summed E-state index contributed by atoms with van der Waals surface area (Å²) in [6.45, 7) is 2.12. The second-order valence-electron chi connectivity index (χ2n) is 4.29. The topological polar surface area (TPSA) is 35.2 Å². The van der Waals surface area contributed by atoms with Gasteiger partial charge >= 0.3 is 0 Å². The third-order valence-electron chi connectivity index (χ3n) is 3.04. The van der Waals surface area contributed by atoms with E-state index in [0.29, 0.717) is 11.3 Å². The molecule has 2 nitrogen and oxygen atoms in total. The van der Waals surface area contributed by atoms with Gasteiger partial charge in [-0.3, -0.25) is 0 Å². The molecule has 0 aliphatic heterocycles. The molecule has 2 aromatic rings. The van der Waals surface area contributed by atoms with E-state index in [-0.39, 0.29) is 24.5 Å². The summed E-state index contributed by atoms with van der Waals surface area (Å²) in [4.78, 5) is 0. The van der Waals surface area contributed by atoms with Gasteiger partial charge in [-0.2, -0.15) is 0 Å². The average molecular weight is 300 g/mol. The molecular weight excluding hydrogens is 284 g/mol. The van der Waals surface area contributed by atoms with E-state index in [1.165, 1.54) is 6.07 Å². The largest absolute Gasteiger partial charge is 0.496 e. The first-order chi connectivity index (χ1) is 9.08.